The normalized spacial score (nSPS) is 11.3. The highest BCUT2D eigenvalue weighted by Crippen LogP contribution is 2.23. The predicted octanol–water partition coefficient (Wildman–Crippen LogP) is 2.55. The highest BCUT2D eigenvalue weighted by Gasteiger charge is 2.20. The molecule has 2 N–H and O–H groups in total. The minimum atomic E-state index is -0.138. The van der Waals surface area contributed by atoms with Crippen molar-refractivity contribution in [2.75, 3.05) is 6.54 Å². The van der Waals surface area contributed by atoms with E-state index in [1.54, 1.807) is 18.3 Å². The molecule has 2 aromatic rings. The number of nitrogens with zero attached hydrogens (tertiary/aromatic N) is 1. The molecular weight excluding hydrogens is 236 g/mol. The van der Waals surface area contributed by atoms with Crippen molar-refractivity contribution in [3.05, 3.63) is 65.5 Å². The number of benzene rings is 1. The summed E-state index contributed by atoms with van der Waals surface area (Å²) in [5, 5.41) is 0. The van der Waals surface area contributed by atoms with Crippen molar-refractivity contribution < 1.29 is 4.79 Å². The van der Waals surface area contributed by atoms with E-state index < -0.39 is 0 Å². The Hall–Kier alpha value is -2.00. The van der Waals surface area contributed by atoms with Crippen LogP contribution < -0.4 is 5.73 Å². The van der Waals surface area contributed by atoms with Crippen LogP contribution in [-0.2, 0) is 5.41 Å². The molecule has 0 saturated heterocycles. The highest BCUT2D eigenvalue weighted by atomic mass is 16.1. The molecule has 0 aliphatic carbocycles. The second kappa shape index (κ2) is 5.33. The predicted molar refractivity (Wildman–Crippen MR) is 76.2 cm³/mol. The lowest BCUT2D eigenvalue weighted by Crippen LogP contribution is -2.28. The maximum atomic E-state index is 12.3. The van der Waals surface area contributed by atoms with Crippen molar-refractivity contribution in [2.24, 2.45) is 5.73 Å². The van der Waals surface area contributed by atoms with Crippen molar-refractivity contribution in [1.82, 2.24) is 4.98 Å². The molecule has 0 atom stereocenters. The van der Waals surface area contributed by atoms with E-state index in [0.717, 1.165) is 5.56 Å². The van der Waals surface area contributed by atoms with Gasteiger partial charge in [-0.1, -0.05) is 38.1 Å². The average molecular weight is 254 g/mol. The molecule has 0 radical (unpaired) electrons. The molecule has 0 aliphatic rings. The smallest absolute Gasteiger partial charge is 0.211 e. The van der Waals surface area contributed by atoms with Gasteiger partial charge in [-0.05, 0) is 23.8 Å². The Morgan fingerprint density at radius 1 is 1.21 bits per heavy atom. The van der Waals surface area contributed by atoms with Crippen LogP contribution in [0.2, 0.25) is 0 Å². The fourth-order valence-corrected chi connectivity index (χ4v) is 1.84. The van der Waals surface area contributed by atoms with Crippen LogP contribution in [0.1, 0.15) is 35.5 Å². The van der Waals surface area contributed by atoms with Gasteiger partial charge in [0.05, 0.1) is 0 Å². The number of carbonyl (C=O) groups is 1. The molecule has 0 amide bonds. The Morgan fingerprint density at radius 3 is 2.63 bits per heavy atom. The van der Waals surface area contributed by atoms with Gasteiger partial charge in [0, 0.05) is 23.7 Å². The fraction of sp³-hybridized carbons (Fsp3) is 0.250. The minimum Gasteiger partial charge on any atom is -0.330 e. The van der Waals surface area contributed by atoms with Crippen LogP contribution in [0.25, 0.3) is 0 Å². The van der Waals surface area contributed by atoms with Crippen LogP contribution in [0.5, 0.6) is 0 Å². The van der Waals surface area contributed by atoms with Crippen molar-refractivity contribution in [3.8, 4) is 0 Å². The summed E-state index contributed by atoms with van der Waals surface area (Å²) in [6.07, 6.45) is 1.63. The summed E-state index contributed by atoms with van der Waals surface area (Å²) >= 11 is 0. The highest BCUT2D eigenvalue weighted by molar-refractivity contribution is 6.07. The summed E-state index contributed by atoms with van der Waals surface area (Å²) in [4.78, 5) is 16.4. The maximum Gasteiger partial charge on any atom is 0.211 e. The molecule has 1 heterocycles. The maximum absolute atomic E-state index is 12.3. The molecule has 3 heteroatoms. The fourth-order valence-electron chi connectivity index (χ4n) is 1.84. The third-order valence-electron chi connectivity index (χ3n) is 3.31. The van der Waals surface area contributed by atoms with Gasteiger partial charge in [-0.15, -0.1) is 0 Å². The van der Waals surface area contributed by atoms with Crippen molar-refractivity contribution in [2.45, 2.75) is 19.3 Å². The Kier molecular flexibility index (Phi) is 3.76. The zero-order valence-electron chi connectivity index (χ0n) is 11.3. The van der Waals surface area contributed by atoms with E-state index in [4.69, 9.17) is 5.73 Å². The number of hydrogen-bond donors (Lipinski definition) is 1. The zero-order valence-corrected chi connectivity index (χ0v) is 11.3. The number of pyridine rings is 1. The van der Waals surface area contributed by atoms with Crippen LogP contribution in [0.3, 0.4) is 0 Å². The Bertz CT molecular complexity index is 576. The van der Waals surface area contributed by atoms with Crippen LogP contribution in [0.4, 0.5) is 0 Å². The molecule has 98 valence electrons. The summed E-state index contributed by atoms with van der Waals surface area (Å²) in [6.45, 7) is 4.67. The molecular formula is C16H18N2O. The van der Waals surface area contributed by atoms with E-state index in [1.165, 1.54) is 0 Å². The number of rotatable bonds is 4. The van der Waals surface area contributed by atoms with Gasteiger partial charge < -0.3 is 5.73 Å². The second-order valence-electron chi connectivity index (χ2n) is 5.21. The van der Waals surface area contributed by atoms with Gasteiger partial charge in [0.15, 0.2) is 0 Å². The summed E-state index contributed by atoms with van der Waals surface area (Å²) in [5.41, 5.74) is 7.82. The average Bonchev–Trinajstić information content (AvgIpc) is 2.47. The van der Waals surface area contributed by atoms with E-state index in [0.29, 0.717) is 17.8 Å². The Morgan fingerprint density at radius 2 is 2.00 bits per heavy atom. The quantitative estimate of drug-likeness (QED) is 0.853. The molecule has 0 spiro atoms. The number of carbonyl (C=O) groups excluding carboxylic acids is 1. The first-order valence-electron chi connectivity index (χ1n) is 6.31. The number of ketones is 1. The number of hydrogen-bond acceptors (Lipinski definition) is 3. The first-order chi connectivity index (χ1) is 9.04. The van der Waals surface area contributed by atoms with E-state index in [2.05, 4.69) is 18.8 Å². The molecule has 0 saturated carbocycles. The van der Waals surface area contributed by atoms with Crippen LogP contribution in [0, 0.1) is 0 Å². The van der Waals surface area contributed by atoms with Gasteiger partial charge in [0.2, 0.25) is 5.78 Å². The molecule has 2 rings (SSSR count). The van der Waals surface area contributed by atoms with Crippen molar-refractivity contribution >= 4 is 5.78 Å². The Labute approximate surface area is 113 Å². The molecule has 3 nitrogen and oxygen atoms in total. The molecule has 0 aliphatic heterocycles. The van der Waals surface area contributed by atoms with Crippen LogP contribution in [0.15, 0.2) is 48.7 Å². The van der Waals surface area contributed by atoms with Gasteiger partial charge in [0.25, 0.3) is 0 Å². The number of nitrogens with two attached hydrogens (primary N) is 1. The minimum absolute atomic E-state index is 0.0599. The lowest BCUT2D eigenvalue weighted by Gasteiger charge is -2.23. The summed E-state index contributed by atoms with van der Waals surface area (Å²) < 4.78 is 0. The van der Waals surface area contributed by atoms with Gasteiger partial charge in [0.1, 0.15) is 5.69 Å². The molecule has 19 heavy (non-hydrogen) atoms. The number of aromatic nitrogens is 1. The van der Waals surface area contributed by atoms with Gasteiger partial charge >= 0.3 is 0 Å². The zero-order chi connectivity index (χ0) is 13.9. The standard InChI is InChI=1S/C16H18N2O/c1-16(2,11-17)13-7-5-6-12(10-13)15(19)14-8-3-4-9-18-14/h3-10H,11,17H2,1-2H3. The van der Waals surface area contributed by atoms with Gasteiger partial charge in [-0.2, -0.15) is 0 Å². The molecule has 0 bridgehead atoms. The third kappa shape index (κ3) is 2.88. The van der Waals surface area contributed by atoms with Crippen molar-refractivity contribution in [1.29, 1.82) is 0 Å². The first kappa shape index (κ1) is 13.4. The topological polar surface area (TPSA) is 56.0 Å². The molecule has 1 aromatic carbocycles. The lowest BCUT2D eigenvalue weighted by molar-refractivity contribution is 0.103. The summed E-state index contributed by atoms with van der Waals surface area (Å²) in [5.74, 6) is -0.0599. The SMILES string of the molecule is CC(C)(CN)c1cccc(C(=O)c2ccccn2)c1. The Balaban J connectivity index is 2.37. The van der Waals surface area contributed by atoms with Gasteiger partial charge in [-0.3, -0.25) is 9.78 Å². The van der Waals surface area contributed by atoms with E-state index in [9.17, 15) is 4.79 Å². The van der Waals surface area contributed by atoms with E-state index >= 15 is 0 Å². The summed E-state index contributed by atoms with van der Waals surface area (Å²) in [6, 6.07) is 12.9. The van der Waals surface area contributed by atoms with E-state index in [1.807, 2.05) is 30.3 Å². The van der Waals surface area contributed by atoms with Gasteiger partial charge in [-0.25, -0.2) is 0 Å². The molecule has 0 unspecified atom stereocenters. The monoisotopic (exact) mass is 254 g/mol. The summed E-state index contributed by atoms with van der Waals surface area (Å²) in [7, 11) is 0. The van der Waals surface area contributed by atoms with Crippen molar-refractivity contribution in [3.63, 3.8) is 0 Å². The van der Waals surface area contributed by atoms with E-state index in [-0.39, 0.29) is 11.2 Å². The largest absolute Gasteiger partial charge is 0.330 e. The van der Waals surface area contributed by atoms with Crippen LogP contribution in [-0.4, -0.2) is 17.3 Å². The lowest BCUT2D eigenvalue weighted by atomic mass is 9.83. The third-order valence-corrected chi connectivity index (χ3v) is 3.31. The molecule has 1 aromatic heterocycles. The second-order valence-corrected chi connectivity index (χ2v) is 5.21. The molecule has 0 fully saturated rings. The first-order valence-corrected chi connectivity index (χ1v) is 6.31. The van der Waals surface area contributed by atoms with Crippen LogP contribution >= 0.6 is 0 Å².